The zero-order valence-corrected chi connectivity index (χ0v) is 22.5. The molecule has 0 radical (unpaired) electrons. The number of unbranched alkanes of at least 4 members (excludes halogenated alkanes) is 1. The fourth-order valence-corrected chi connectivity index (χ4v) is 5.94. The van der Waals surface area contributed by atoms with Crippen LogP contribution in [0.2, 0.25) is 10.0 Å². The summed E-state index contributed by atoms with van der Waals surface area (Å²) in [4.78, 5) is 40.5. The highest BCUT2D eigenvalue weighted by atomic mass is 35.5. The number of amides is 3. The van der Waals surface area contributed by atoms with Crippen molar-refractivity contribution in [2.24, 2.45) is 0 Å². The number of fused-ring (bicyclic) bond motifs is 1. The summed E-state index contributed by atoms with van der Waals surface area (Å²) in [5.74, 6) is -1.42. The van der Waals surface area contributed by atoms with Gasteiger partial charge in [0.05, 0.1) is 15.6 Å². The van der Waals surface area contributed by atoms with Crippen LogP contribution in [0.1, 0.15) is 55.5 Å². The van der Waals surface area contributed by atoms with Gasteiger partial charge in [0.1, 0.15) is 10.9 Å². The fraction of sp³-hybridized carbons (Fsp3) is 0.400. The Kier molecular flexibility index (Phi) is 9.38. The molecule has 1 atom stereocenters. The monoisotopic (exact) mass is 553 g/mol. The lowest BCUT2D eigenvalue weighted by Gasteiger charge is -2.31. The Morgan fingerprint density at radius 3 is 2.44 bits per heavy atom. The predicted molar refractivity (Wildman–Crippen MR) is 138 cm³/mol. The molecule has 1 aliphatic rings. The van der Waals surface area contributed by atoms with Crippen LogP contribution in [-0.2, 0) is 26.2 Å². The number of carbonyl (C=O) groups is 3. The van der Waals surface area contributed by atoms with E-state index in [1.807, 2.05) is 6.92 Å². The Morgan fingerprint density at radius 2 is 1.81 bits per heavy atom. The van der Waals surface area contributed by atoms with Crippen molar-refractivity contribution in [2.45, 2.75) is 57.0 Å². The van der Waals surface area contributed by atoms with Gasteiger partial charge in [0.15, 0.2) is 0 Å². The highest BCUT2D eigenvalue weighted by Gasteiger charge is 2.41. The summed E-state index contributed by atoms with van der Waals surface area (Å²) in [5, 5.41) is 3.54. The van der Waals surface area contributed by atoms with E-state index in [1.165, 1.54) is 17.0 Å². The molecule has 0 saturated carbocycles. The molecule has 1 unspecified atom stereocenters. The lowest BCUT2D eigenvalue weighted by molar-refractivity contribution is -0.141. The number of halogens is 2. The number of hydrogen-bond donors (Lipinski definition) is 1. The van der Waals surface area contributed by atoms with E-state index in [0.29, 0.717) is 28.6 Å². The van der Waals surface area contributed by atoms with E-state index in [4.69, 9.17) is 23.2 Å². The summed E-state index contributed by atoms with van der Waals surface area (Å²) in [6.07, 6.45) is 1.78. The smallest absolute Gasteiger partial charge is 0.269 e. The van der Waals surface area contributed by atoms with Crippen molar-refractivity contribution in [1.29, 1.82) is 0 Å². The number of rotatable bonds is 11. The number of sulfonamides is 1. The van der Waals surface area contributed by atoms with Gasteiger partial charge < -0.3 is 10.2 Å². The summed E-state index contributed by atoms with van der Waals surface area (Å²) in [6, 6.07) is 10.1. The van der Waals surface area contributed by atoms with Crippen molar-refractivity contribution in [1.82, 2.24) is 14.5 Å². The summed E-state index contributed by atoms with van der Waals surface area (Å²) in [6.45, 7) is 4.02. The van der Waals surface area contributed by atoms with Crippen LogP contribution in [0.5, 0.6) is 0 Å². The Balaban J connectivity index is 1.82. The van der Waals surface area contributed by atoms with E-state index < -0.39 is 27.9 Å². The van der Waals surface area contributed by atoms with Crippen LogP contribution in [-0.4, -0.2) is 54.5 Å². The normalized spacial score (nSPS) is 14.9. The second kappa shape index (κ2) is 12.1. The topological polar surface area (TPSA) is 104 Å². The van der Waals surface area contributed by atoms with Crippen LogP contribution in [0.25, 0.3) is 0 Å². The molecule has 0 spiro atoms. The van der Waals surface area contributed by atoms with Gasteiger partial charge in [-0.2, -0.15) is 0 Å². The van der Waals surface area contributed by atoms with Crippen LogP contribution in [0.15, 0.2) is 47.4 Å². The average Bonchev–Trinajstić information content (AvgIpc) is 3.04. The quantitative estimate of drug-likeness (QED) is 0.419. The highest BCUT2D eigenvalue weighted by Crippen LogP contribution is 2.30. The maximum absolute atomic E-state index is 13.4. The van der Waals surface area contributed by atoms with Crippen molar-refractivity contribution >= 4 is 50.9 Å². The Bertz CT molecular complexity index is 1250. The minimum atomic E-state index is -4.04. The lowest BCUT2D eigenvalue weighted by atomic mass is 10.1. The SMILES string of the molecule is CCCCNC(=O)C(CC)N(Cc1ccc(Cl)c(Cl)c1)C(=O)CCN1C(=O)c2ccccc2S1(=O)=O. The molecule has 194 valence electrons. The molecular formula is C25H29Cl2N3O5S. The molecule has 0 aliphatic carbocycles. The third-order valence-corrected chi connectivity index (χ3v) is 8.57. The number of nitrogens with zero attached hydrogens (tertiary/aromatic N) is 2. The van der Waals surface area contributed by atoms with E-state index in [0.717, 1.165) is 17.1 Å². The van der Waals surface area contributed by atoms with E-state index in [9.17, 15) is 22.8 Å². The van der Waals surface area contributed by atoms with Crippen molar-refractivity contribution in [3.63, 3.8) is 0 Å². The number of benzene rings is 2. The molecule has 11 heteroatoms. The summed E-state index contributed by atoms with van der Waals surface area (Å²) < 4.78 is 26.5. The van der Waals surface area contributed by atoms with Gasteiger partial charge in [-0.3, -0.25) is 14.4 Å². The first-order valence-corrected chi connectivity index (χ1v) is 14.0. The van der Waals surface area contributed by atoms with Crippen molar-refractivity contribution in [3.05, 3.63) is 63.6 Å². The van der Waals surface area contributed by atoms with Crippen LogP contribution >= 0.6 is 23.2 Å². The first-order chi connectivity index (χ1) is 17.1. The minimum absolute atomic E-state index is 0.0658. The third kappa shape index (κ3) is 6.02. The summed E-state index contributed by atoms with van der Waals surface area (Å²) in [5.41, 5.74) is 0.745. The zero-order valence-electron chi connectivity index (χ0n) is 20.2. The standard InChI is InChI=1S/C25H29Cl2N3O5S/c1-3-5-13-28-24(32)21(4-2)29(16-17-10-11-19(26)20(27)15-17)23(31)12-14-30-25(33)18-8-6-7-9-22(18)36(30,34)35/h6-11,15,21H,3-5,12-14,16H2,1-2H3,(H,28,32). The first-order valence-electron chi connectivity index (χ1n) is 11.8. The van der Waals surface area contributed by atoms with E-state index >= 15 is 0 Å². The summed E-state index contributed by atoms with van der Waals surface area (Å²) in [7, 11) is -4.04. The van der Waals surface area contributed by atoms with E-state index in [-0.39, 0.29) is 35.9 Å². The second-order valence-corrected chi connectivity index (χ2v) is 11.1. The molecule has 0 saturated heterocycles. The van der Waals surface area contributed by atoms with Gasteiger partial charge in [-0.25, -0.2) is 12.7 Å². The fourth-order valence-electron chi connectivity index (χ4n) is 4.05. The van der Waals surface area contributed by atoms with Gasteiger partial charge in [0.2, 0.25) is 11.8 Å². The van der Waals surface area contributed by atoms with Crippen molar-refractivity contribution in [2.75, 3.05) is 13.1 Å². The minimum Gasteiger partial charge on any atom is -0.354 e. The molecule has 2 aromatic carbocycles. The Labute approximate surface area is 221 Å². The first kappa shape index (κ1) is 28.0. The van der Waals surface area contributed by atoms with E-state index in [1.54, 1.807) is 37.3 Å². The molecule has 1 aliphatic heterocycles. The Morgan fingerprint density at radius 1 is 1.08 bits per heavy atom. The molecule has 2 aromatic rings. The molecule has 0 fully saturated rings. The average molecular weight is 554 g/mol. The molecule has 8 nitrogen and oxygen atoms in total. The van der Waals surface area contributed by atoms with Gasteiger partial charge >= 0.3 is 0 Å². The molecule has 3 rings (SSSR count). The van der Waals surface area contributed by atoms with Gasteiger partial charge in [-0.15, -0.1) is 0 Å². The van der Waals surface area contributed by atoms with Crippen LogP contribution in [0.4, 0.5) is 0 Å². The molecule has 0 bridgehead atoms. The predicted octanol–water partition coefficient (Wildman–Crippen LogP) is 4.25. The molecule has 36 heavy (non-hydrogen) atoms. The van der Waals surface area contributed by atoms with Crippen LogP contribution in [0.3, 0.4) is 0 Å². The second-order valence-electron chi connectivity index (χ2n) is 8.47. The largest absolute Gasteiger partial charge is 0.354 e. The van der Waals surface area contributed by atoms with Gasteiger partial charge in [0.25, 0.3) is 15.9 Å². The summed E-state index contributed by atoms with van der Waals surface area (Å²) >= 11 is 12.2. The Hall–Kier alpha value is -2.62. The van der Waals surface area contributed by atoms with Crippen molar-refractivity contribution in [3.8, 4) is 0 Å². The van der Waals surface area contributed by atoms with Crippen molar-refractivity contribution < 1.29 is 22.8 Å². The lowest BCUT2D eigenvalue weighted by Crippen LogP contribution is -2.49. The van der Waals surface area contributed by atoms with Crippen LogP contribution in [0, 0.1) is 0 Å². The maximum atomic E-state index is 13.4. The molecule has 3 amide bonds. The highest BCUT2D eigenvalue weighted by molar-refractivity contribution is 7.90. The van der Waals surface area contributed by atoms with Crippen LogP contribution < -0.4 is 5.32 Å². The molecule has 0 aromatic heterocycles. The third-order valence-electron chi connectivity index (χ3n) is 5.99. The zero-order chi connectivity index (χ0) is 26.5. The molecule has 1 heterocycles. The van der Waals surface area contributed by atoms with E-state index in [2.05, 4.69) is 5.32 Å². The maximum Gasteiger partial charge on any atom is 0.269 e. The number of hydrogen-bond acceptors (Lipinski definition) is 5. The van der Waals surface area contributed by atoms with Gasteiger partial charge in [0, 0.05) is 26.1 Å². The number of nitrogens with one attached hydrogen (secondary N) is 1. The molecule has 1 N–H and O–H groups in total. The van der Waals surface area contributed by atoms with Gasteiger partial charge in [-0.05, 0) is 42.7 Å². The number of carbonyl (C=O) groups excluding carboxylic acids is 3. The van der Waals surface area contributed by atoms with Gasteiger partial charge in [-0.1, -0.05) is 61.7 Å². The molecular weight excluding hydrogens is 525 g/mol.